The molecule has 72 valence electrons. The molecule has 0 amide bonds. The highest BCUT2D eigenvalue weighted by Gasteiger charge is 1.98. The minimum absolute atomic E-state index is 0.925. The Bertz CT molecular complexity index is 423. The number of aromatic nitrogens is 1. The van der Waals surface area contributed by atoms with Gasteiger partial charge in [-0.3, -0.25) is 4.98 Å². The van der Waals surface area contributed by atoms with Crippen LogP contribution in [0.2, 0.25) is 0 Å². The third-order valence-electron chi connectivity index (χ3n) is 2.06. The van der Waals surface area contributed by atoms with Crippen LogP contribution in [-0.2, 0) is 0 Å². The Morgan fingerprint density at radius 1 is 1.21 bits per heavy atom. The van der Waals surface area contributed by atoms with E-state index < -0.39 is 0 Å². The highest BCUT2D eigenvalue weighted by Crippen LogP contribution is 2.20. The van der Waals surface area contributed by atoms with Crippen molar-refractivity contribution in [1.29, 1.82) is 0 Å². The molecule has 1 heterocycles. The molecule has 1 N–H and O–H groups in total. The summed E-state index contributed by atoms with van der Waals surface area (Å²) >= 11 is 3.39. The van der Waals surface area contributed by atoms with Crippen LogP contribution in [-0.4, -0.2) is 16.9 Å². The molecule has 0 fully saturated rings. The fourth-order valence-corrected chi connectivity index (χ4v) is 1.63. The van der Waals surface area contributed by atoms with Crippen LogP contribution in [0, 0.1) is 0 Å². The second-order valence-corrected chi connectivity index (χ2v) is 3.78. The molecule has 2 rings (SSSR count). The third-order valence-corrected chi connectivity index (χ3v) is 2.46. The van der Waals surface area contributed by atoms with Crippen molar-refractivity contribution in [3.63, 3.8) is 0 Å². The number of rotatable bonds is 3. The summed E-state index contributed by atoms with van der Waals surface area (Å²) in [5.41, 5.74) is 2.18. The van der Waals surface area contributed by atoms with E-state index in [9.17, 15) is 0 Å². The van der Waals surface area contributed by atoms with Gasteiger partial charge >= 0.3 is 0 Å². The lowest BCUT2D eigenvalue weighted by Gasteiger charge is -2.07. The second kappa shape index (κ2) is 4.42. The SMILES string of the molecule is BrCCNc1ccnc2ccccc12. The van der Waals surface area contributed by atoms with Crippen LogP contribution in [0.4, 0.5) is 5.69 Å². The number of benzene rings is 1. The van der Waals surface area contributed by atoms with Gasteiger partial charge in [-0.25, -0.2) is 0 Å². The molecule has 0 radical (unpaired) electrons. The summed E-state index contributed by atoms with van der Waals surface area (Å²) in [5, 5.41) is 5.48. The Hall–Kier alpha value is -1.09. The molecule has 1 aromatic carbocycles. The van der Waals surface area contributed by atoms with E-state index in [1.54, 1.807) is 0 Å². The zero-order valence-electron chi connectivity index (χ0n) is 7.70. The van der Waals surface area contributed by atoms with Gasteiger partial charge in [0.25, 0.3) is 0 Å². The smallest absolute Gasteiger partial charge is 0.0722 e. The van der Waals surface area contributed by atoms with Crippen LogP contribution in [0.5, 0.6) is 0 Å². The second-order valence-electron chi connectivity index (χ2n) is 2.99. The number of pyridine rings is 1. The largest absolute Gasteiger partial charge is 0.384 e. The number of nitrogens with one attached hydrogen (secondary N) is 1. The first-order chi connectivity index (χ1) is 6.92. The molecule has 0 bridgehead atoms. The van der Waals surface area contributed by atoms with Gasteiger partial charge in [-0.05, 0) is 12.1 Å². The molecule has 3 heteroatoms. The lowest BCUT2D eigenvalue weighted by atomic mass is 10.2. The molecule has 0 atom stereocenters. The van der Waals surface area contributed by atoms with Gasteiger partial charge < -0.3 is 5.32 Å². The number of hydrogen-bond acceptors (Lipinski definition) is 2. The van der Waals surface area contributed by atoms with E-state index in [1.807, 2.05) is 30.5 Å². The fourth-order valence-electron chi connectivity index (χ4n) is 1.43. The van der Waals surface area contributed by atoms with Crippen LogP contribution in [0.15, 0.2) is 36.5 Å². The Morgan fingerprint density at radius 3 is 2.93 bits per heavy atom. The summed E-state index contributed by atoms with van der Waals surface area (Å²) in [4.78, 5) is 4.30. The summed E-state index contributed by atoms with van der Waals surface area (Å²) < 4.78 is 0. The number of hydrogen-bond donors (Lipinski definition) is 1. The lowest BCUT2D eigenvalue weighted by molar-refractivity contribution is 1.24. The normalized spacial score (nSPS) is 10.4. The predicted octanol–water partition coefficient (Wildman–Crippen LogP) is 3.04. The number of para-hydroxylation sites is 1. The van der Waals surface area contributed by atoms with E-state index in [0.717, 1.165) is 23.1 Å². The zero-order valence-corrected chi connectivity index (χ0v) is 9.29. The third kappa shape index (κ3) is 1.87. The average Bonchev–Trinajstić information content (AvgIpc) is 2.26. The summed E-state index contributed by atoms with van der Waals surface area (Å²) in [6.45, 7) is 0.925. The van der Waals surface area contributed by atoms with Crippen molar-refractivity contribution in [1.82, 2.24) is 4.98 Å². The van der Waals surface area contributed by atoms with E-state index in [1.165, 1.54) is 5.39 Å². The molecule has 1 aromatic heterocycles. The number of fused-ring (bicyclic) bond motifs is 1. The number of nitrogens with zero attached hydrogens (tertiary/aromatic N) is 1. The van der Waals surface area contributed by atoms with Gasteiger partial charge in [0.05, 0.1) is 5.52 Å². The molecule has 0 aliphatic heterocycles. The topological polar surface area (TPSA) is 24.9 Å². The molecule has 0 saturated carbocycles. The van der Waals surface area contributed by atoms with E-state index in [4.69, 9.17) is 0 Å². The molecular weight excluding hydrogens is 240 g/mol. The first-order valence-electron chi connectivity index (χ1n) is 4.55. The van der Waals surface area contributed by atoms with Crippen molar-refractivity contribution in [2.24, 2.45) is 0 Å². The van der Waals surface area contributed by atoms with E-state index >= 15 is 0 Å². The van der Waals surface area contributed by atoms with E-state index in [2.05, 4.69) is 32.3 Å². The summed E-state index contributed by atoms with van der Waals surface area (Å²) in [7, 11) is 0. The minimum Gasteiger partial charge on any atom is -0.384 e. The monoisotopic (exact) mass is 250 g/mol. The van der Waals surface area contributed by atoms with Gasteiger partial charge in [0.15, 0.2) is 0 Å². The lowest BCUT2D eigenvalue weighted by Crippen LogP contribution is -2.02. The molecule has 0 spiro atoms. The standard InChI is InChI=1S/C11H11BrN2/c12-6-8-14-11-5-7-13-10-4-2-1-3-9(10)11/h1-5,7H,6,8H2,(H,13,14). The summed E-state index contributed by atoms with van der Waals surface area (Å²) in [5.74, 6) is 0. The molecule has 0 aliphatic rings. The average molecular weight is 251 g/mol. The molecule has 14 heavy (non-hydrogen) atoms. The first-order valence-corrected chi connectivity index (χ1v) is 5.67. The zero-order chi connectivity index (χ0) is 9.80. The van der Waals surface area contributed by atoms with Crippen molar-refractivity contribution in [2.75, 3.05) is 17.2 Å². The molecule has 0 aliphatic carbocycles. The maximum Gasteiger partial charge on any atom is 0.0722 e. The highest BCUT2D eigenvalue weighted by molar-refractivity contribution is 9.09. The number of alkyl halides is 1. The van der Waals surface area contributed by atoms with E-state index in [-0.39, 0.29) is 0 Å². The maximum atomic E-state index is 4.30. The van der Waals surface area contributed by atoms with Gasteiger partial charge in [0.2, 0.25) is 0 Å². The van der Waals surface area contributed by atoms with Crippen molar-refractivity contribution in [2.45, 2.75) is 0 Å². The summed E-state index contributed by atoms with van der Waals surface area (Å²) in [6.07, 6.45) is 1.83. The van der Waals surface area contributed by atoms with Crippen LogP contribution < -0.4 is 5.32 Å². The van der Waals surface area contributed by atoms with Gasteiger partial charge in [0.1, 0.15) is 0 Å². The molecule has 2 nitrogen and oxygen atoms in total. The highest BCUT2D eigenvalue weighted by atomic mass is 79.9. The molecule has 0 saturated heterocycles. The van der Waals surface area contributed by atoms with Crippen molar-refractivity contribution < 1.29 is 0 Å². The maximum absolute atomic E-state index is 4.30. The summed E-state index contributed by atoms with van der Waals surface area (Å²) in [6, 6.07) is 10.1. The Morgan fingerprint density at radius 2 is 2.07 bits per heavy atom. The minimum atomic E-state index is 0.925. The quantitative estimate of drug-likeness (QED) is 0.848. The van der Waals surface area contributed by atoms with Crippen molar-refractivity contribution in [3.05, 3.63) is 36.5 Å². The molecular formula is C11H11BrN2. The number of halogens is 1. The van der Waals surface area contributed by atoms with Crippen molar-refractivity contribution >= 4 is 32.5 Å². The Kier molecular flexibility index (Phi) is 2.99. The first kappa shape index (κ1) is 9.46. The van der Waals surface area contributed by atoms with Crippen LogP contribution in [0.3, 0.4) is 0 Å². The van der Waals surface area contributed by atoms with Gasteiger partial charge in [0, 0.05) is 29.1 Å². The Balaban J connectivity index is 2.43. The predicted molar refractivity (Wildman–Crippen MR) is 64.0 cm³/mol. The Labute approximate surface area is 91.5 Å². The van der Waals surface area contributed by atoms with Gasteiger partial charge in [-0.2, -0.15) is 0 Å². The van der Waals surface area contributed by atoms with Gasteiger partial charge in [-0.1, -0.05) is 34.1 Å². The number of anilines is 1. The van der Waals surface area contributed by atoms with Crippen molar-refractivity contribution in [3.8, 4) is 0 Å². The fraction of sp³-hybridized carbons (Fsp3) is 0.182. The van der Waals surface area contributed by atoms with Crippen LogP contribution in [0.25, 0.3) is 10.9 Å². The van der Waals surface area contributed by atoms with Gasteiger partial charge in [-0.15, -0.1) is 0 Å². The molecule has 0 unspecified atom stereocenters. The van der Waals surface area contributed by atoms with Crippen LogP contribution in [0.1, 0.15) is 0 Å². The molecule has 2 aromatic rings. The van der Waals surface area contributed by atoms with E-state index in [0.29, 0.717) is 0 Å². The van der Waals surface area contributed by atoms with Crippen LogP contribution >= 0.6 is 15.9 Å².